The van der Waals surface area contributed by atoms with E-state index in [4.69, 9.17) is 9.47 Å². The van der Waals surface area contributed by atoms with Crippen LogP contribution in [0, 0.1) is 5.82 Å². The van der Waals surface area contributed by atoms with Crippen LogP contribution in [-0.4, -0.2) is 33.2 Å². The molecule has 0 saturated carbocycles. The molecule has 25 heavy (non-hydrogen) atoms. The summed E-state index contributed by atoms with van der Waals surface area (Å²) in [4.78, 5) is 14.4. The summed E-state index contributed by atoms with van der Waals surface area (Å²) < 4.78 is 23.8. The number of carbonyl (C=O) groups is 1. The molecule has 1 amide bonds. The second-order valence-electron chi connectivity index (χ2n) is 5.91. The number of rotatable bonds is 5. The molecule has 0 aliphatic carbocycles. The summed E-state index contributed by atoms with van der Waals surface area (Å²) in [5.41, 5.74) is 2.45. The number of carbonyl (C=O) groups excluding carboxylic acids is 1. The highest BCUT2D eigenvalue weighted by atomic mass is 19.1. The van der Waals surface area contributed by atoms with Crippen LogP contribution < -0.4 is 19.7 Å². The fourth-order valence-corrected chi connectivity index (χ4v) is 3.07. The molecule has 1 aliphatic rings. The van der Waals surface area contributed by atoms with Crippen LogP contribution in [0.25, 0.3) is 0 Å². The van der Waals surface area contributed by atoms with E-state index in [9.17, 15) is 9.18 Å². The number of hydrogen-bond donors (Lipinski definition) is 1. The third-order valence-corrected chi connectivity index (χ3v) is 4.27. The predicted octanol–water partition coefficient (Wildman–Crippen LogP) is 3.23. The molecule has 0 saturated heterocycles. The first-order valence-electron chi connectivity index (χ1n) is 8.16. The highest BCUT2D eigenvalue weighted by Gasteiger charge is 2.20. The Balaban J connectivity index is 1.72. The summed E-state index contributed by atoms with van der Waals surface area (Å²) >= 11 is 0. The van der Waals surface area contributed by atoms with Crippen LogP contribution in [0.3, 0.4) is 0 Å². The minimum atomic E-state index is -0.243. The number of hydrogen-bond acceptors (Lipinski definition) is 4. The second kappa shape index (κ2) is 7.42. The zero-order valence-electron chi connectivity index (χ0n) is 14.3. The van der Waals surface area contributed by atoms with Crippen molar-refractivity contribution in [3.05, 3.63) is 47.8 Å². The van der Waals surface area contributed by atoms with Crippen molar-refractivity contribution < 1.29 is 18.7 Å². The molecule has 132 valence electrons. The Labute approximate surface area is 146 Å². The molecule has 5 nitrogen and oxygen atoms in total. The van der Waals surface area contributed by atoms with Gasteiger partial charge in [0.2, 0.25) is 5.91 Å². The molecule has 1 heterocycles. The lowest BCUT2D eigenvalue weighted by atomic mass is 10.0. The third kappa shape index (κ3) is 3.84. The van der Waals surface area contributed by atoms with Crippen molar-refractivity contribution in [1.82, 2.24) is 0 Å². The van der Waals surface area contributed by atoms with Crippen LogP contribution in [0.2, 0.25) is 0 Å². The molecule has 0 aromatic heterocycles. The lowest BCUT2D eigenvalue weighted by Gasteiger charge is -2.30. The van der Waals surface area contributed by atoms with Crippen LogP contribution in [0.1, 0.15) is 12.0 Å². The van der Waals surface area contributed by atoms with E-state index >= 15 is 0 Å². The molecule has 0 unspecified atom stereocenters. The molecule has 6 heteroatoms. The van der Waals surface area contributed by atoms with Gasteiger partial charge in [0.05, 0.1) is 26.5 Å². The highest BCUT2D eigenvalue weighted by molar-refractivity contribution is 5.95. The highest BCUT2D eigenvalue weighted by Crippen LogP contribution is 2.30. The van der Waals surface area contributed by atoms with Gasteiger partial charge >= 0.3 is 0 Å². The fraction of sp³-hybridized carbons (Fsp3) is 0.316. The van der Waals surface area contributed by atoms with Crippen LogP contribution in [0.5, 0.6) is 11.5 Å². The second-order valence-corrected chi connectivity index (χ2v) is 5.91. The Hall–Kier alpha value is -2.76. The largest absolute Gasteiger partial charge is 0.497 e. The van der Waals surface area contributed by atoms with Gasteiger partial charge in [-0.15, -0.1) is 0 Å². The van der Waals surface area contributed by atoms with Gasteiger partial charge in [-0.25, -0.2) is 4.39 Å². The Morgan fingerprint density at radius 3 is 2.80 bits per heavy atom. The van der Waals surface area contributed by atoms with Crippen LogP contribution >= 0.6 is 0 Å². The van der Waals surface area contributed by atoms with Gasteiger partial charge in [-0.1, -0.05) is 0 Å². The van der Waals surface area contributed by atoms with E-state index in [1.807, 2.05) is 4.90 Å². The van der Waals surface area contributed by atoms with Crippen molar-refractivity contribution in [3.63, 3.8) is 0 Å². The molecular weight excluding hydrogens is 323 g/mol. The lowest BCUT2D eigenvalue weighted by Crippen LogP contribution is -2.36. The number of nitrogens with zero attached hydrogens (tertiary/aromatic N) is 1. The molecule has 3 rings (SSSR count). The standard InChI is InChI=1S/C19H21FN2O3/c1-24-15-6-7-16(18(11-15)25-2)21-19(23)12-22-9-3-4-13-10-14(20)5-8-17(13)22/h5-8,10-11H,3-4,9,12H2,1-2H3,(H,21,23). The van der Waals surface area contributed by atoms with E-state index in [2.05, 4.69) is 5.32 Å². The van der Waals surface area contributed by atoms with E-state index in [-0.39, 0.29) is 18.3 Å². The molecular formula is C19H21FN2O3. The maximum absolute atomic E-state index is 13.4. The molecule has 2 aromatic carbocycles. The first-order valence-corrected chi connectivity index (χ1v) is 8.16. The van der Waals surface area contributed by atoms with E-state index in [0.29, 0.717) is 17.2 Å². The van der Waals surface area contributed by atoms with Crippen molar-refractivity contribution in [3.8, 4) is 11.5 Å². The topological polar surface area (TPSA) is 50.8 Å². The first-order chi connectivity index (χ1) is 12.1. The number of halogens is 1. The smallest absolute Gasteiger partial charge is 0.243 e. The molecule has 0 atom stereocenters. The summed E-state index contributed by atoms with van der Waals surface area (Å²) in [7, 11) is 3.11. The Bertz CT molecular complexity index is 779. The number of nitrogens with one attached hydrogen (secondary N) is 1. The molecule has 0 spiro atoms. The third-order valence-electron chi connectivity index (χ3n) is 4.27. The number of amides is 1. The summed E-state index contributed by atoms with van der Waals surface area (Å²) in [5, 5.41) is 2.87. The Kier molecular flexibility index (Phi) is 5.07. The molecule has 0 fully saturated rings. The van der Waals surface area contributed by atoms with Gasteiger partial charge < -0.3 is 19.7 Å². The fourth-order valence-electron chi connectivity index (χ4n) is 3.07. The van der Waals surface area contributed by atoms with E-state index in [1.165, 1.54) is 6.07 Å². The van der Waals surface area contributed by atoms with Crippen molar-refractivity contribution >= 4 is 17.3 Å². The van der Waals surface area contributed by atoms with Gasteiger partial charge in [0.1, 0.15) is 17.3 Å². The maximum Gasteiger partial charge on any atom is 0.243 e. The molecule has 2 aromatic rings. The number of ether oxygens (including phenoxy) is 2. The number of aryl methyl sites for hydroxylation is 1. The molecule has 0 bridgehead atoms. The number of benzene rings is 2. The zero-order valence-corrected chi connectivity index (χ0v) is 14.3. The molecule has 1 N–H and O–H groups in total. The maximum atomic E-state index is 13.4. The van der Waals surface area contributed by atoms with Gasteiger partial charge in [0.15, 0.2) is 0 Å². The number of anilines is 2. The SMILES string of the molecule is COc1ccc(NC(=O)CN2CCCc3cc(F)ccc32)c(OC)c1. The van der Waals surface area contributed by atoms with Gasteiger partial charge in [-0.05, 0) is 48.7 Å². The van der Waals surface area contributed by atoms with E-state index in [0.717, 1.165) is 30.6 Å². The summed E-state index contributed by atoms with van der Waals surface area (Å²) in [6.07, 6.45) is 1.73. The van der Waals surface area contributed by atoms with Crippen LogP contribution in [0.15, 0.2) is 36.4 Å². The summed E-state index contributed by atoms with van der Waals surface area (Å²) in [5.74, 6) is 0.796. The van der Waals surface area contributed by atoms with E-state index < -0.39 is 0 Å². The Morgan fingerprint density at radius 2 is 2.04 bits per heavy atom. The lowest BCUT2D eigenvalue weighted by molar-refractivity contribution is -0.115. The molecule has 1 aliphatic heterocycles. The quantitative estimate of drug-likeness (QED) is 0.905. The Morgan fingerprint density at radius 1 is 1.20 bits per heavy atom. The van der Waals surface area contributed by atoms with Crippen molar-refractivity contribution in [1.29, 1.82) is 0 Å². The van der Waals surface area contributed by atoms with Crippen molar-refractivity contribution in [2.24, 2.45) is 0 Å². The number of methoxy groups -OCH3 is 2. The monoisotopic (exact) mass is 344 g/mol. The zero-order chi connectivity index (χ0) is 17.8. The van der Waals surface area contributed by atoms with E-state index in [1.54, 1.807) is 44.6 Å². The minimum Gasteiger partial charge on any atom is -0.497 e. The van der Waals surface area contributed by atoms with Gasteiger partial charge in [-0.3, -0.25) is 4.79 Å². The van der Waals surface area contributed by atoms with Gasteiger partial charge in [0.25, 0.3) is 0 Å². The number of fused-ring (bicyclic) bond motifs is 1. The summed E-state index contributed by atoms with van der Waals surface area (Å²) in [6, 6.07) is 9.94. The predicted molar refractivity (Wildman–Crippen MR) is 95.1 cm³/mol. The van der Waals surface area contributed by atoms with Crippen molar-refractivity contribution in [2.45, 2.75) is 12.8 Å². The average molecular weight is 344 g/mol. The van der Waals surface area contributed by atoms with Gasteiger partial charge in [0, 0.05) is 18.3 Å². The first kappa shape index (κ1) is 17.1. The average Bonchev–Trinajstić information content (AvgIpc) is 2.62. The normalized spacial score (nSPS) is 13.2. The van der Waals surface area contributed by atoms with Crippen LogP contribution in [0.4, 0.5) is 15.8 Å². The van der Waals surface area contributed by atoms with Crippen LogP contribution in [-0.2, 0) is 11.2 Å². The molecule has 0 radical (unpaired) electrons. The van der Waals surface area contributed by atoms with Gasteiger partial charge in [-0.2, -0.15) is 0 Å². The van der Waals surface area contributed by atoms with Crippen molar-refractivity contribution in [2.75, 3.05) is 37.5 Å². The minimum absolute atomic E-state index is 0.152. The summed E-state index contributed by atoms with van der Waals surface area (Å²) in [6.45, 7) is 0.972.